The molecule has 0 fully saturated rings. The molecule has 1 amide bonds. The third kappa shape index (κ3) is 4.22. The molecule has 31 heavy (non-hydrogen) atoms. The zero-order valence-electron chi connectivity index (χ0n) is 17.0. The van der Waals surface area contributed by atoms with Gasteiger partial charge in [0.1, 0.15) is 11.5 Å². The van der Waals surface area contributed by atoms with Gasteiger partial charge >= 0.3 is 0 Å². The van der Waals surface area contributed by atoms with Gasteiger partial charge in [0.15, 0.2) is 0 Å². The lowest BCUT2D eigenvalue weighted by atomic mass is 9.99. The molecule has 0 saturated heterocycles. The highest BCUT2D eigenvalue weighted by molar-refractivity contribution is 5.99. The van der Waals surface area contributed by atoms with Gasteiger partial charge in [-0.25, -0.2) is 4.39 Å². The summed E-state index contributed by atoms with van der Waals surface area (Å²) in [6.07, 6.45) is 3.52. The molecule has 0 aliphatic heterocycles. The lowest BCUT2D eigenvalue weighted by molar-refractivity contribution is -0.117. The standard InChI is InChI=1S/C24H21FN4O2/c1-29(21(30)13-16-5-3-2-4-6-16)24-22(17-9-11-27-12-10-17)23(28-31-24)18-7-8-20(25)19(14-18)15-26/h2-12,14H,13,15,26H2,1H3. The Hall–Kier alpha value is -3.84. The van der Waals surface area contributed by atoms with Crippen LogP contribution in [0, 0.1) is 5.82 Å². The van der Waals surface area contributed by atoms with Gasteiger partial charge in [-0.15, -0.1) is 0 Å². The van der Waals surface area contributed by atoms with Crippen LogP contribution < -0.4 is 10.6 Å². The summed E-state index contributed by atoms with van der Waals surface area (Å²) in [5.41, 5.74) is 9.48. The monoisotopic (exact) mass is 416 g/mol. The van der Waals surface area contributed by atoms with Crippen LogP contribution in [0.1, 0.15) is 11.1 Å². The molecule has 0 bridgehead atoms. The molecule has 2 aromatic carbocycles. The van der Waals surface area contributed by atoms with Crippen molar-refractivity contribution >= 4 is 11.8 Å². The van der Waals surface area contributed by atoms with Gasteiger partial charge in [-0.1, -0.05) is 35.5 Å². The first kappa shape index (κ1) is 20.4. The smallest absolute Gasteiger partial charge is 0.242 e. The first-order chi connectivity index (χ1) is 15.1. The summed E-state index contributed by atoms with van der Waals surface area (Å²) >= 11 is 0. The first-order valence-corrected chi connectivity index (χ1v) is 9.78. The Morgan fingerprint density at radius 2 is 1.81 bits per heavy atom. The molecule has 0 spiro atoms. The fourth-order valence-corrected chi connectivity index (χ4v) is 3.37. The van der Waals surface area contributed by atoms with E-state index in [9.17, 15) is 9.18 Å². The molecule has 4 rings (SSSR count). The molecule has 156 valence electrons. The molecule has 0 aliphatic carbocycles. The quantitative estimate of drug-likeness (QED) is 0.509. The van der Waals surface area contributed by atoms with E-state index in [0.717, 1.165) is 11.1 Å². The number of anilines is 1. The van der Waals surface area contributed by atoms with Gasteiger partial charge in [0.25, 0.3) is 0 Å². The van der Waals surface area contributed by atoms with Gasteiger partial charge in [-0.3, -0.25) is 14.7 Å². The summed E-state index contributed by atoms with van der Waals surface area (Å²) in [5.74, 6) is -0.220. The van der Waals surface area contributed by atoms with Crippen molar-refractivity contribution in [3.63, 3.8) is 0 Å². The molecule has 0 saturated carbocycles. The van der Waals surface area contributed by atoms with Crippen molar-refractivity contribution in [2.24, 2.45) is 5.73 Å². The van der Waals surface area contributed by atoms with Crippen LogP contribution in [-0.2, 0) is 17.8 Å². The van der Waals surface area contributed by atoms with Gasteiger partial charge in [-0.05, 0) is 41.5 Å². The number of rotatable bonds is 6. The van der Waals surface area contributed by atoms with Crippen molar-refractivity contribution in [3.8, 4) is 22.4 Å². The van der Waals surface area contributed by atoms with Crippen LogP contribution in [0.5, 0.6) is 0 Å². The maximum absolute atomic E-state index is 14.0. The Kier molecular flexibility index (Phi) is 5.86. The molecule has 2 aromatic heterocycles. The van der Waals surface area contributed by atoms with Crippen molar-refractivity contribution in [2.75, 3.05) is 11.9 Å². The van der Waals surface area contributed by atoms with E-state index in [1.807, 2.05) is 42.5 Å². The topological polar surface area (TPSA) is 85.2 Å². The van der Waals surface area contributed by atoms with E-state index in [2.05, 4.69) is 10.1 Å². The minimum Gasteiger partial charge on any atom is -0.337 e. The third-order valence-electron chi connectivity index (χ3n) is 5.06. The van der Waals surface area contributed by atoms with E-state index in [1.54, 1.807) is 31.6 Å². The van der Waals surface area contributed by atoms with Gasteiger partial charge in [0, 0.05) is 37.1 Å². The summed E-state index contributed by atoms with van der Waals surface area (Å²) in [6, 6.07) is 17.7. The molecule has 0 unspecified atom stereocenters. The molecule has 2 N–H and O–H groups in total. The number of benzene rings is 2. The van der Waals surface area contributed by atoms with E-state index in [4.69, 9.17) is 10.3 Å². The molecule has 6 nitrogen and oxygen atoms in total. The summed E-state index contributed by atoms with van der Waals surface area (Å²) < 4.78 is 19.6. The minimum atomic E-state index is -0.379. The zero-order valence-corrected chi connectivity index (χ0v) is 17.0. The van der Waals surface area contributed by atoms with Crippen LogP contribution in [0.3, 0.4) is 0 Å². The molecule has 2 heterocycles. The van der Waals surface area contributed by atoms with Crippen molar-refractivity contribution in [2.45, 2.75) is 13.0 Å². The fraction of sp³-hybridized carbons (Fsp3) is 0.125. The number of hydrogen-bond donors (Lipinski definition) is 1. The van der Waals surface area contributed by atoms with Crippen molar-refractivity contribution in [1.82, 2.24) is 10.1 Å². The summed E-state index contributed by atoms with van der Waals surface area (Å²) in [4.78, 5) is 18.5. The van der Waals surface area contributed by atoms with Crippen LogP contribution in [0.4, 0.5) is 10.3 Å². The molecule has 0 radical (unpaired) electrons. The number of halogens is 1. The van der Waals surface area contributed by atoms with E-state index in [0.29, 0.717) is 28.3 Å². The highest BCUT2D eigenvalue weighted by Gasteiger charge is 2.26. The van der Waals surface area contributed by atoms with E-state index < -0.39 is 0 Å². The average Bonchev–Trinajstić information content (AvgIpc) is 3.25. The summed E-state index contributed by atoms with van der Waals surface area (Å²) in [6.45, 7) is 0.0600. The second-order valence-corrected chi connectivity index (χ2v) is 7.07. The fourth-order valence-electron chi connectivity index (χ4n) is 3.37. The van der Waals surface area contributed by atoms with Gasteiger partial charge < -0.3 is 10.3 Å². The SMILES string of the molecule is CN(C(=O)Cc1ccccc1)c1onc(-c2ccc(F)c(CN)c2)c1-c1ccncc1. The molecular formula is C24H21FN4O2. The van der Waals surface area contributed by atoms with Crippen LogP contribution in [0.25, 0.3) is 22.4 Å². The Morgan fingerprint density at radius 3 is 2.52 bits per heavy atom. The van der Waals surface area contributed by atoms with Crippen LogP contribution in [0.2, 0.25) is 0 Å². The molecule has 0 aliphatic rings. The van der Waals surface area contributed by atoms with Crippen LogP contribution >= 0.6 is 0 Å². The maximum atomic E-state index is 14.0. The van der Waals surface area contributed by atoms with E-state index >= 15 is 0 Å². The van der Waals surface area contributed by atoms with Crippen LogP contribution in [-0.4, -0.2) is 23.1 Å². The highest BCUT2D eigenvalue weighted by atomic mass is 19.1. The number of nitrogens with two attached hydrogens (primary N) is 1. The maximum Gasteiger partial charge on any atom is 0.242 e. The summed E-state index contributed by atoms with van der Waals surface area (Å²) in [5, 5.41) is 4.23. The van der Waals surface area contributed by atoms with Crippen molar-refractivity contribution in [3.05, 3.63) is 90.0 Å². The third-order valence-corrected chi connectivity index (χ3v) is 5.06. The van der Waals surface area contributed by atoms with Gasteiger partial charge in [-0.2, -0.15) is 0 Å². The lowest BCUT2D eigenvalue weighted by Gasteiger charge is -2.16. The second kappa shape index (κ2) is 8.89. The largest absolute Gasteiger partial charge is 0.337 e. The Labute approximate surface area is 179 Å². The molecular weight excluding hydrogens is 395 g/mol. The number of aromatic nitrogens is 2. The minimum absolute atomic E-state index is 0.0600. The Morgan fingerprint density at radius 1 is 1.06 bits per heavy atom. The average molecular weight is 416 g/mol. The number of likely N-dealkylation sites (N-methyl/N-ethyl adjacent to an activating group) is 1. The number of hydrogen-bond acceptors (Lipinski definition) is 5. The number of carbonyl (C=O) groups excluding carboxylic acids is 1. The normalized spacial score (nSPS) is 10.8. The number of amides is 1. The molecule has 0 atom stereocenters. The van der Waals surface area contributed by atoms with Crippen molar-refractivity contribution in [1.29, 1.82) is 0 Å². The molecule has 7 heteroatoms. The lowest BCUT2D eigenvalue weighted by Crippen LogP contribution is -2.27. The first-order valence-electron chi connectivity index (χ1n) is 9.78. The summed E-state index contributed by atoms with van der Waals surface area (Å²) in [7, 11) is 1.65. The van der Waals surface area contributed by atoms with Crippen LogP contribution in [0.15, 0.2) is 77.6 Å². The van der Waals surface area contributed by atoms with Crippen molar-refractivity contribution < 1.29 is 13.7 Å². The Bertz CT molecular complexity index is 1190. The van der Waals surface area contributed by atoms with Gasteiger partial charge in [0.05, 0.1) is 12.0 Å². The van der Waals surface area contributed by atoms with E-state index in [1.165, 1.54) is 11.0 Å². The van der Waals surface area contributed by atoms with E-state index in [-0.39, 0.29) is 24.7 Å². The number of carbonyl (C=O) groups is 1. The van der Waals surface area contributed by atoms with Gasteiger partial charge in [0.2, 0.25) is 11.8 Å². The zero-order chi connectivity index (χ0) is 21.8. The number of pyridine rings is 1. The predicted molar refractivity (Wildman–Crippen MR) is 117 cm³/mol. The Balaban J connectivity index is 1.78. The molecule has 4 aromatic rings. The predicted octanol–water partition coefficient (Wildman–Crippen LogP) is 4.21. The highest BCUT2D eigenvalue weighted by Crippen LogP contribution is 2.39. The second-order valence-electron chi connectivity index (χ2n) is 7.07. The number of nitrogens with zero attached hydrogens (tertiary/aromatic N) is 3.